The summed E-state index contributed by atoms with van der Waals surface area (Å²) < 4.78 is 48.8. The van der Waals surface area contributed by atoms with Gasteiger partial charge in [-0.15, -0.1) is 10.2 Å². The summed E-state index contributed by atoms with van der Waals surface area (Å²) in [6.07, 6.45) is 6.66. The van der Waals surface area contributed by atoms with Crippen molar-refractivity contribution in [2.24, 2.45) is 5.92 Å². The molecule has 5 rings (SSSR count). The van der Waals surface area contributed by atoms with Crippen LogP contribution in [0.3, 0.4) is 0 Å². The van der Waals surface area contributed by atoms with Gasteiger partial charge in [0.15, 0.2) is 11.6 Å². The Labute approximate surface area is 234 Å². The molecule has 2 aromatic heterocycles. The van der Waals surface area contributed by atoms with Crippen molar-refractivity contribution in [1.82, 2.24) is 35.6 Å². The average molecular weight is 573 g/mol. The van der Waals surface area contributed by atoms with Gasteiger partial charge >= 0.3 is 0 Å². The van der Waals surface area contributed by atoms with Crippen molar-refractivity contribution in [3.63, 3.8) is 0 Å². The average Bonchev–Trinajstić information content (AvgIpc) is 3.57. The molecule has 14 heteroatoms. The van der Waals surface area contributed by atoms with Crippen molar-refractivity contribution in [2.45, 2.75) is 63.0 Å². The summed E-state index contributed by atoms with van der Waals surface area (Å²) >= 11 is 0. The van der Waals surface area contributed by atoms with Crippen LogP contribution in [-0.2, 0) is 14.8 Å². The van der Waals surface area contributed by atoms with Crippen LogP contribution in [0.1, 0.15) is 62.0 Å². The molecule has 1 aliphatic heterocycles. The van der Waals surface area contributed by atoms with E-state index in [0.717, 1.165) is 31.2 Å². The highest BCUT2D eigenvalue weighted by Crippen LogP contribution is 2.42. The van der Waals surface area contributed by atoms with Crippen LogP contribution >= 0.6 is 0 Å². The van der Waals surface area contributed by atoms with E-state index in [1.165, 1.54) is 7.11 Å². The Morgan fingerprint density at radius 3 is 2.35 bits per heavy atom. The maximum atomic E-state index is 13.8. The SMILES string of the molecule is COc1cccc(OC)c1-n1c(NS(=O)(=O)[C@@H](C)[C@H](OC)c2ncc(C)cn2)nnc1C1NNC2CCCCC21. The number of hydrogen-bond donors (Lipinski definition) is 3. The highest BCUT2D eigenvalue weighted by atomic mass is 32.2. The zero-order chi connectivity index (χ0) is 28.4. The first kappa shape index (κ1) is 28.2. The lowest BCUT2D eigenvalue weighted by molar-refractivity contribution is 0.0949. The van der Waals surface area contributed by atoms with Gasteiger partial charge in [-0.05, 0) is 50.3 Å². The lowest BCUT2D eigenvalue weighted by Gasteiger charge is -2.27. The molecule has 1 saturated carbocycles. The Morgan fingerprint density at radius 2 is 1.70 bits per heavy atom. The Bertz CT molecular complexity index is 1410. The van der Waals surface area contributed by atoms with Crippen LogP contribution in [0.2, 0.25) is 0 Å². The summed E-state index contributed by atoms with van der Waals surface area (Å²) in [4.78, 5) is 8.57. The number of fused-ring (bicyclic) bond motifs is 1. The van der Waals surface area contributed by atoms with Crippen LogP contribution in [0.15, 0.2) is 30.6 Å². The van der Waals surface area contributed by atoms with Crippen LogP contribution in [0.25, 0.3) is 5.69 Å². The predicted octanol–water partition coefficient (Wildman–Crippen LogP) is 2.61. The Kier molecular flexibility index (Phi) is 8.21. The molecule has 2 aliphatic rings. The number of benzene rings is 1. The van der Waals surface area contributed by atoms with E-state index in [0.29, 0.717) is 29.1 Å². The molecule has 1 aliphatic carbocycles. The molecule has 13 nitrogen and oxygen atoms in total. The molecule has 1 saturated heterocycles. The minimum atomic E-state index is -4.08. The smallest absolute Gasteiger partial charge is 0.243 e. The standard InChI is InChI=1S/C26H36N8O5S/c1-15-13-27-24(28-14-15)23(39-5)16(2)40(35,36)33-26-32-31-25(21-17-9-6-7-10-18(17)29-30-21)34(26)22-19(37-3)11-8-12-20(22)38-4/h8,11-14,16-18,21,23,29-30H,6-7,9-10H2,1-5H3,(H,32,33)/t16-,17?,18?,21?,23-/m0/s1. The molecule has 0 amide bonds. The fourth-order valence-electron chi connectivity index (χ4n) is 5.57. The fourth-order valence-corrected chi connectivity index (χ4v) is 6.70. The minimum Gasteiger partial charge on any atom is -0.494 e. The summed E-state index contributed by atoms with van der Waals surface area (Å²) in [5.41, 5.74) is 8.13. The Hall–Kier alpha value is -3.33. The number of nitrogens with zero attached hydrogens (tertiary/aromatic N) is 5. The summed E-state index contributed by atoms with van der Waals surface area (Å²) in [6, 6.07) is 5.44. The number of sulfonamides is 1. The highest BCUT2D eigenvalue weighted by molar-refractivity contribution is 7.93. The van der Waals surface area contributed by atoms with E-state index in [1.807, 2.05) is 6.92 Å². The number of aromatic nitrogens is 5. The number of ether oxygens (including phenoxy) is 3. The number of aryl methyl sites for hydroxylation is 1. The van der Waals surface area contributed by atoms with E-state index in [9.17, 15) is 8.42 Å². The number of hydrazine groups is 1. The van der Waals surface area contributed by atoms with Gasteiger partial charge in [0.25, 0.3) is 0 Å². The summed E-state index contributed by atoms with van der Waals surface area (Å²) in [5, 5.41) is 7.78. The van der Waals surface area contributed by atoms with Gasteiger partial charge in [0.2, 0.25) is 16.0 Å². The summed E-state index contributed by atoms with van der Waals surface area (Å²) in [5.74, 6) is 2.03. The van der Waals surface area contributed by atoms with Gasteiger partial charge in [0, 0.05) is 25.5 Å². The lowest BCUT2D eigenvalue weighted by Crippen LogP contribution is -2.34. The zero-order valence-electron chi connectivity index (χ0n) is 23.3. The quantitative estimate of drug-likeness (QED) is 0.328. The normalized spacial score (nSPS) is 22.4. The summed E-state index contributed by atoms with van der Waals surface area (Å²) in [6.45, 7) is 3.40. The van der Waals surface area contributed by atoms with Crippen molar-refractivity contribution >= 4 is 16.0 Å². The predicted molar refractivity (Wildman–Crippen MR) is 148 cm³/mol. The third-order valence-corrected chi connectivity index (χ3v) is 9.42. The van der Waals surface area contributed by atoms with E-state index in [4.69, 9.17) is 14.2 Å². The second-order valence-corrected chi connectivity index (χ2v) is 12.2. The molecular weight excluding hydrogens is 536 g/mol. The summed E-state index contributed by atoms with van der Waals surface area (Å²) in [7, 11) is 0.442. The molecule has 40 heavy (non-hydrogen) atoms. The molecular formula is C26H36N8O5S. The Morgan fingerprint density at radius 1 is 1.02 bits per heavy atom. The molecule has 2 fully saturated rings. The van der Waals surface area contributed by atoms with Gasteiger partial charge in [0.1, 0.15) is 28.5 Å². The van der Waals surface area contributed by atoms with Gasteiger partial charge in [0.05, 0.1) is 20.3 Å². The largest absolute Gasteiger partial charge is 0.494 e. The van der Waals surface area contributed by atoms with Crippen LogP contribution in [-0.4, -0.2) is 65.8 Å². The second-order valence-electron chi connectivity index (χ2n) is 10.2. The molecule has 3 unspecified atom stereocenters. The van der Waals surface area contributed by atoms with Crippen LogP contribution in [0.5, 0.6) is 11.5 Å². The van der Waals surface area contributed by atoms with Crippen molar-refractivity contribution in [2.75, 3.05) is 26.1 Å². The topological polar surface area (TPSA) is 154 Å². The first-order valence-electron chi connectivity index (χ1n) is 13.3. The first-order chi connectivity index (χ1) is 19.3. The third-order valence-electron chi connectivity index (χ3n) is 7.72. The lowest BCUT2D eigenvalue weighted by atomic mass is 9.81. The van der Waals surface area contributed by atoms with Crippen molar-refractivity contribution < 1.29 is 22.6 Å². The first-order valence-corrected chi connectivity index (χ1v) is 14.8. The molecule has 0 radical (unpaired) electrons. The van der Waals surface area contributed by atoms with E-state index in [1.54, 1.807) is 56.3 Å². The second kappa shape index (κ2) is 11.6. The van der Waals surface area contributed by atoms with E-state index in [-0.39, 0.29) is 23.7 Å². The molecule has 3 N–H and O–H groups in total. The van der Waals surface area contributed by atoms with Gasteiger partial charge in [-0.25, -0.2) is 23.8 Å². The van der Waals surface area contributed by atoms with Crippen molar-refractivity contribution in [3.8, 4) is 17.2 Å². The molecule has 1 aromatic carbocycles. The zero-order valence-corrected chi connectivity index (χ0v) is 24.1. The molecule has 0 bridgehead atoms. The molecule has 3 aromatic rings. The van der Waals surface area contributed by atoms with Gasteiger partial charge in [-0.2, -0.15) is 0 Å². The minimum absolute atomic E-state index is 0.00499. The molecule has 0 spiro atoms. The van der Waals surface area contributed by atoms with Crippen molar-refractivity contribution in [1.29, 1.82) is 0 Å². The maximum absolute atomic E-state index is 13.8. The van der Waals surface area contributed by atoms with E-state index in [2.05, 4.69) is 35.7 Å². The van der Waals surface area contributed by atoms with E-state index < -0.39 is 21.4 Å². The van der Waals surface area contributed by atoms with Crippen LogP contribution in [0, 0.1) is 12.8 Å². The number of nitrogens with one attached hydrogen (secondary N) is 3. The Balaban J connectivity index is 1.58. The number of para-hydroxylation sites is 1. The monoisotopic (exact) mass is 572 g/mol. The number of hydrogen-bond acceptors (Lipinski definition) is 11. The van der Waals surface area contributed by atoms with Crippen LogP contribution in [0.4, 0.5) is 5.95 Å². The van der Waals surface area contributed by atoms with Gasteiger partial charge in [-0.1, -0.05) is 18.9 Å². The number of anilines is 1. The number of rotatable bonds is 10. The molecule has 3 heterocycles. The number of methoxy groups -OCH3 is 3. The van der Waals surface area contributed by atoms with Gasteiger partial charge < -0.3 is 14.2 Å². The van der Waals surface area contributed by atoms with Crippen molar-refractivity contribution in [3.05, 3.63) is 47.8 Å². The highest BCUT2D eigenvalue weighted by Gasteiger charge is 2.42. The maximum Gasteiger partial charge on any atom is 0.243 e. The molecule has 216 valence electrons. The van der Waals surface area contributed by atoms with E-state index >= 15 is 0 Å². The molecule has 5 atom stereocenters. The third kappa shape index (κ3) is 5.23. The van der Waals surface area contributed by atoms with Gasteiger partial charge in [-0.3, -0.25) is 14.7 Å². The fraction of sp³-hybridized carbons (Fsp3) is 0.538. The van der Waals surface area contributed by atoms with Crippen LogP contribution < -0.4 is 25.0 Å².